The van der Waals surface area contributed by atoms with Gasteiger partial charge in [0.1, 0.15) is 16.0 Å². The second-order valence-electron chi connectivity index (χ2n) is 5.07. The summed E-state index contributed by atoms with van der Waals surface area (Å²) in [4.78, 5) is 0. The Labute approximate surface area is 117 Å². The highest BCUT2D eigenvalue weighted by atomic mass is 79.9. The average molecular weight is 314 g/mol. The SMILES string of the molecule is COc1c(C)cc(C2(C(C)N)CC2)c(OC)c1Br. The van der Waals surface area contributed by atoms with E-state index in [1.54, 1.807) is 14.2 Å². The second-order valence-corrected chi connectivity index (χ2v) is 5.86. The third-order valence-corrected chi connectivity index (χ3v) is 4.69. The van der Waals surface area contributed by atoms with Crippen molar-refractivity contribution in [2.24, 2.45) is 5.73 Å². The van der Waals surface area contributed by atoms with E-state index >= 15 is 0 Å². The maximum atomic E-state index is 6.16. The Morgan fingerprint density at radius 1 is 1.28 bits per heavy atom. The fraction of sp³-hybridized carbons (Fsp3) is 0.571. The highest BCUT2D eigenvalue weighted by Gasteiger charge is 2.49. The van der Waals surface area contributed by atoms with E-state index < -0.39 is 0 Å². The number of nitrogens with two attached hydrogens (primary N) is 1. The molecule has 2 rings (SSSR count). The van der Waals surface area contributed by atoms with Crippen LogP contribution in [-0.2, 0) is 5.41 Å². The van der Waals surface area contributed by atoms with Gasteiger partial charge >= 0.3 is 0 Å². The standard InChI is InChI=1S/C14H20BrNO2/c1-8-7-10(14(5-6-14)9(2)16)13(18-4)11(15)12(8)17-3/h7,9H,5-6,16H2,1-4H3. The van der Waals surface area contributed by atoms with Gasteiger partial charge in [-0.1, -0.05) is 0 Å². The number of rotatable bonds is 4. The van der Waals surface area contributed by atoms with Gasteiger partial charge in [0.15, 0.2) is 0 Å². The molecule has 1 aromatic rings. The van der Waals surface area contributed by atoms with Crippen LogP contribution in [0.4, 0.5) is 0 Å². The lowest BCUT2D eigenvalue weighted by Crippen LogP contribution is -2.32. The van der Waals surface area contributed by atoms with Gasteiger partial charge in [-0.15, -0.1) is 0 Å². The van der Waals surface area contributed by atoms with Crippen molar-refractivity contribution in [2.75, 3.05) is 14.2 Å². The summed E-state index contributed by atoms with van der Waals surface area (Å²) in [6.07, 6.45) is 2.25. The molecular formula is C14H20BrNO2. The van der Waals surface area contributed by atoms with Crippen LogP contribution >= 0.6 is 15.9 Å². The van der Waals surface area contributed by atoms with Crippen molar-refractivity contribution in [1.82, 2.24) is 0 Å². The van der Waals surface area contributed by atoms with E-state index in [0.717, 1.165) is 34.4 Å². The summed E-state index contributed by atoms with van der Waals surface area (Å²) in [5.41, 5.74) is 8.53. The highest BCUT2D eigenvalue weighted by Crippen LogP contribution is 2.56. The summed E-state index contributed by atoms with van der Waals surface area (Å²) < 4.78 is 11.9. The molecule has 1 unspecified atom stereocenters. The van der Waals surface area contributed by atoms with E-state index in [2.05, 4.69) is 28.9 Å². The zero-order chi connectivity index (χ0) is 13.5. The Morgan fingerprint density at radius 2 is 1.83 bits per heavy atom. The molecule has 2 N–H and O–H groups in total. The molecule has 1 aromatic carbocycles. The summed E-state index contributed by atoms with van der Waals surface area (Å²) in [5, 5.41) is 0. The van der Waals surface area contributed by atoms with Gasteiger partial charge in [-0.05, 0) is 54.2 Å². The second kappa shape index (κ2) is 4.74. The fourth-order valence-corrected chi connectivity index (χ4v) is 3.52. The van der Waals surface area contributed by atoms with Gasteiger partial charge in [-0.3, -0.25) is 0 Å². The first-order valence-corrected chi connectivity index (χ1v) is 6.94. The van der Waals surface area contributed by atoms with Crippen molar-refractivity contribution >= 4 is 15.9 Å². The van der Waals surface area contributed by atoms with Crippen molar-refractivity contribution in [2.45, 2.75) is 38.1 Å². The van der Waals surface area contributed by atoms with Crippen molar-refractivity contribution in [1.29, 1.82) is 0 Å². The maximum Gasteiger partial charge on any atom is 0.140 e. The predicted octanol–water partition coefficient (Wildman–Crippen LogP) is 3.15. The summed E-state index contributed by atoms with van der Waals surface area (Å²) in [7, 11) is 3.36. The van der Waals surface area contributed by atoms with Crippen LogP contribution < -0.4 is 15.2 Å². The number of benzene rings is 1. The summed E-state index contributed by atoms with van der Waals surface area (Å²) in [5.74, 6) is 1.68. The smallest absolute Gasteiger partial charge is 0.140 e. The maximum absolute atomic E-state index is 6.16. The van der Waals surface area contributed by atoms with Gasteiger partial charge in [-0.2, -0.15) is 0 Å². The van der Waals surface area contributed by atoms with Crippen molar-refractivity contribution in [3.8, 4) is 11.5 Å². The van der Waals surface area contributed by atoms with Crippen LogP contribution in [0.2, 0.25) is 0 Å². The van der Waals surface area contributed by atoms with Gasteiger partial charge in [0.05, 0.1) is 14.2 Å². The fourth-order valence-electron chi connectivity index (χ4n) is 2.67. The molecule has 3 nitrogen and oxygen atoms in total. The molecule has 0 spiro atoms. The van der Waals surface area contributed by atoms with E-state index in [4.69, 9.17) is 15.2 Å². The lowest BCUT2D eigenvalue weighted by Gasteiger charge is -2.25. The molecular weight excluding hydrogens is 294 g/mol. The minimum atomic E-state index is 0.0743. The van der Waals surface area contributed by atoms with Gasteiger partial charge in [-0.25, -0.2) is 0 Å². The number of ether oxygens (including phenoxy) is 2. The van der Waals surface area contributed by atoms with Gasteiger partial charge < -0.3 is 15.2 Å². The molecule has 0 bridgehead atoms. The lowest BCUT2D eigenvalue weighted by molar-refractivity contribution is 0.377. The van der Waals surface area contributed by atoms with E-state index in [0.29, 0.717) is 0 Å². The third kappa shape index (κ3) is 1.91. The minimum absolute atomic E-state index is 0.0743. The molecule has 1 aliphatic rings. The molecule has 1 saturated carbocycles. The molecule has 0 saturated heterocycles. The molecule has 0 aliphatic heterocycles. The summed E-state index contributed by atoms with van der Waals surface area (Å²) >= 11 is 3.58. The van der Waals surface area contributed by atoms with Crippen molar-refractivity contribution < 1.29 is 9.47 Å². The predicted molar refractivity (Wildman–Crippen MR) is 76.5 cm³/mol. The van der Waals surface area contributed by atoms with Gasteiger partial charge in [0, 0.05) is 17.0 Å². The van der Waals surface area contributed by atoms with Gasteiger partial charge in [0.2, 0.25) is 0 Å². The molecule has 1 fully saturated rings. The topological polar surface area (TPSA) is 44.5 Å². The van der Waals surface area contributed by atoms with Gasteiger partial charge in [0.25, 0.3) is 0 Å². The van der Waals surface area contributed by atoms with Crippen LogP contribution in [0.15, 0.2) is 10.5 Å². The number of aryl methyl sites for hydroxylation is 1. The van der Waals surface area contributed by atoms with Crippen LogP contribution in [0.3, 0.4) is 0 Å². The monoisotopic (exact) mass is 313 g/mol. The Hall–Kier alpha value is -0.740. The van der Waals surface area contributed by atoms with Crippen molar-refractivity contribution in [3.05, 3.63) is 21.7 Å². The summed E-state index contributed by atoms with van der Waals surface area (Å²) in [6, 6.07) is 2.28. The van der Waals surface area contributed by atoms with Crippen LogP contribution in [0, 0.1) is 6.92 Å². The first-order chi connectivity index (χ1) is 8.47. The Bertz CT molecular complexity index is 467. The number of halogens is 1. The van der Waals surface area contributed by atoms with Crippen LogP contribution in [-0.4, -0.2) is 20.3 Å². The van der Waals surface area contributed by atoms with E-state index in [1.165, 1.54) is 5.56 Å². The largest absolute Gasteiger partial charge is 0.495 e. The Kier molecular flexibility index (Phi) is 3.60. The molecule has 1 aliphatic carbocycles. The van der Waals surface area contributed by atoms with Crippen LogP contribution in [0.5, 0.6) is 11.5 Å². The quantitative estimate of drug-likeness (QED) is 0.928. The molecule has 100 valence electrons. The normalized spacial score (nSPS) is 18.3. The third-order valence-electron chi connectivity index (χ3n) is 3.97. The number of methoxy groups -OCH3 is 2. The summed E-state index contributed by atoms with van der Waals surface area (Å²) in [6.45, 7) is 4.11. The molecule has 4 heteroatoms. The first kappa shape index (κ1) is 13.7. The number of hydrogen-bond donors (Lipinski definition) is 1. The van der Waals surface area contributed by atoms with E-state index in [1.807, 2.05) is 6.92 Å². The Balaban J connectivity index is 2.62. The zero-order valence-electron chi connectivity index (χ0n) is 11.3. The number of hydrogen-bond acceptors (Lipinski definition) is 3. The van der Waals surface area contributed by atoms with Crippen LogP contribution in [0.1, 0.15) is 30.9 Å². The first-order valence-electron chi connectivity index (χ1n) is 6.15. The Morgan fingerprint density at radius 3 is 2.22 bits per heavy atom. The average Bonchev–Trinajstić information content (AvgIpc) is 3.10. The molecule has 0 heterocycles. The van der Waals surface area contributed by atoms with Crippen LogP contribution in [0.25, 0.3) is 0 Å². The molecule has 0 radical (unpaired) electrons. The molecule has 0 amide bonds. The molecule has 0 aromatic heterocycles. The minimum Gasteiger partial charge on any atom is -0.495 e. The molecule has 1 atom stereocenters. The highest BCUT2D eigenvalue weighted by molar-refractivity contribution is 9.10. The zero-order valence-corrected chi connectivity index (χ0v) is 12.9. The van der Waals surface area contributed by atoms with Crippen molar-refractivity contribution in [3.63, 3.8) is 0 Å². The van der Waals surface area contributed by atoms with E-state index in [9.17, 15) is 0 Å². The van der Waals surface area contributed by atoms with E-state index in [-0.39, 0.29) is 11.5 Å². The lowest BCUT2D eigenvalue weighted by atomic mass is 9.87. The molecule has 18 heavy (non-hydrogen) atoms.